The monoisotopic (exact) mass is 496 g/mol. The molecule has 5 aromatic rings. The fourth-order valence-electron chi connectivity index (χ4n) is 4.36. The van der Waals surface area contributed by atoms with Crippen LogP contribution >= 0.6 is 0 Å². The molecule has 188 valence electrons. The molecule has 0 unspecified atom stereocenters. The van der Waals surface area contributed by atoms with Gasteiger partial charge in [-0.05, 0) is 33.7 Å². The minimum absolute atomic E-state index is 0.151. The minimum Gasteiger partial charge on any atom is -0.493 e. The number of methoxy groups -OCH3 is 2. The average Bonchev–Trinajstić information content (AvgIpc) is 3.35. The normalized spacial score (nSPS) is 11.2. The van der Waals surface area contributed by atoms with E-state index < -0.39 is 0 Å². The molecule has 0 bridgehead atoms. The fourth-order valence-corrected chi connectivity index (χ4v) is 4.36. The van der Waals surface area contributed by atoms with Crippen molar-refractivity contribution >= 4 is 10.9 Å². The molecular formula is C28H28N6O3. The number of pyridine rings is 1. The predicted octanol–water partition coefficient (Wildman–Crippen LogP) is 3.78. The zero-order chi connectivity index (χ0) is 25.6. The number of H-pyrrole nitrogens is 1. The van der Waals surface area contributed by atoms with Gasteiger partial charge in [0.15, 0.2) is 17.3 Å². The number of tetrazole rings is 1. The Morgan fingerprint density at radius 1 is 0.838 bits per heavy atom. The van der Waals surface area contributed by atoms with E-state index in [0.29, 0.717) is 48.8 Å². The molecule has 0 aliphatic heterocycles. The van der Waals surface area contributed by atoms with Crippen LogP contribution in [0.2, 0.25) is 0 Å². The number of benzene rings is 3. The van der Waals surface area contributed by atoms with E-state index in [1.54, 1.807) is 25.0 Å². The van der Waals surface area contributed by atoms with Crippen molar-refractivity contribution in [2.24, 2.45) is 0 Å². The smallest absolute Gasteiger partial charge is 0.252 e. The molecule has 2 aromatic heterocycles. The molecule has 3 aromatic carbocycles. The summed E-state index contributed by atoms with van der Waals surface area (Å²) >= 11 is 0. The molecule has 0 radical (unpaired) electrons. The molecule has 5 rings (SSSR count). The lowest BCUT2D eigenvalue weighted by Crippen LogP contribution is -2.28. The van der Waals surface area contributed by atoms with Gasteiger partial charge in [0.05, 0.1) is 32.8 Å². The van der Waals surface area contributed by atoms with Gasteiger partial charge in [-0.3, -0.25) is 9.69 Å². The van der Waals surface area contributed by atoms with Gasteiger partial charge in [-0.2, -0.15) is 0 Å². The first kappa shape index (κ1) is 24.2. The Bertz CT molecular complexity index is 1530. The third kappa shape index (κ3) is 5.68. The van der Waals surface area contributed by atoms with Crippen LogP contribution in [0.15, 0.2) is 83.7 Å². The Kier molecular flexibility index (Phi) is 7.23. The maximum Gasteiger partial charge on any atom is 0.252 e. The van der Waals surface area contributed by atoms with E-state index in [1.165, 1.54) is 0 Å². The van der Waals surface area contributed by atoms with Crippen LogP contribution in [-0.4, -0.2) is 44.3 Å². The first-order valence-electron chi connectivity index (χ1n) is 12.0. The molecule has 0 amide bonds. The zero-order valence-corrected chi connectivity index (χ0v) is 20.8. The second-order valence-electron chi connectivity index (χ2n) is 8.79. The van der Waals surface area contributed by atoms with Crippen molar-refractivity contribution in [2.75, 3.05) is 14.2 Å². The molecule has 0 atom stereocenters. The molecule has 0 aliphatic rings. The number of nitrogens with zero attached hydrogens (tertiary/aromatic N) is 5. The minimum atomic E-state index is -0.151. The third-order valence-corrected chi connectivity index (χ3v) is 6.21. The van der Waals surface area contributed by atoms with Crippen LogP contribution in [0, 0.1) is 0 Å². The highest BCUT2D eigenvalue weighted by molar-refractivity contribution is 5.83. The van der Waals surface area contributed by atoms with Crippen molar-refractivity contribution in [1.29, 1.82) is 0 Å². The SMILES string of the molecule is COc1cc2cc(CN(Cc3ccccc3)Cc3nnnn3Cc3ccccc3)c(=O)[nH]c2cc1OC. The number of hydrogen-bond acceptors (Lipinski definition) is 7. The Balaban J connectivity index is 1.45. The molecule has 2 heterocycles. The summed E-state index contributed by atoms with van der Waals surface area (Å²) in [5.74, 6) is 1.90. The summed E-state index contributed by atoms with van der Waals surface area (Å²) in [5, 5.41) is 13.3. The van der Waals surface area contributed by atoms with Gasteiger partial charge >= 0.3 is 0 Å². The number of aromatic nitrogens is 5. The van der Waals surface area contributed by atoms with Crippen molar-refractivity contribution in [3.63, 3.8) is 0 Å². The molecule has 0 saturated heterocycles. The second kappa shape index (κ2) is 11.0. The van der Waals surface area contributed by atoms with Crippen LogP contribution in [-0.2, 0) is 26.2 Å². The maximum absolute atomic E-state index is 13.1. The quantitative estimate of drug-likeness (QED) is 0.314. The van der Waals surface area contributed by atoms with E-state index in [4.69, 9.17) is 9.47 Å². The van der Waals surface area contributed by atoms with E-state index in [-0.39, 0.29) is 5.56 Å². The molecule has 0 spiro atoms. The van der Waals surface area contributed by atoms with Crippen molar-refractivity contribution in [1.82, 2.24) is 30.1 Å². The van der Waals surface area contributed by atoms with E-state index in [2.05, 4.69) is 37.5 Å². The summed E-state index contributed by atoms with van der Waals surface area (Å²) < 4.78 is 12.6. The Morgan fingerprint density at radius 2 is 1.51 bits per heavy atom. The third-order valence-electron chi connectivity index (χ3n) is 6.21. The maximum atomic E-state index is 13.1. The number of hydrogen-bond donors (Lipinski definition) is 1. The van der Waals surface area contributed by atoms with Gasteiger partial charge in [0, 0.05) is 30.1 Å². The molecule has 0 aliphatic carbocycles. The molecule has 0 fully saturated rings. The Hall–Kier alpha value is -4.50. The fraction of sp³-hybridized carbons (Fsp3) is 0.214. The van der Waals surface area contributed by atoms with Crippen LogP contribution in [0.1, 0.15) is 22.5 Å². The topological polar surface area (TPSA) is 98.2 Å². The summed E-state index contributed by atoms with van der Waals surface area (Å²) in [6.07, 6.45) is 0. The van der Waals surface area contributed by atoms with Gasteiger partial charge in [-0.15, -0.1) is 5.10 Å². The molecule has 0 saturated carbocycles. The Morgan fingerprint density at radius 3 is 2.22 bits per heavy atom. The number of fused-ring (bicyclic) bond motifs is 1. The highest BCUT2D eigenvalue weighted by atomic mass is 16.5. The largest absolute Gasteiger partial charge is 0.493 e. The van der Waals surface area contributed by atoms with Crippen LogP contribution in [0.25, 0.3) is 10.9 Å². The highest BCUT2D eigenvalue weighted by Gasteiger charge is 2.17. The van der Waals surface area contributed by atoms with Gasteiger partial charge in [0.25, 0.3) is 5.56 Å². The van der Waals surface area contributed by atoms with Gasteiger partial charge in [0.2, 0.25) is 0 Å². The van der Waals surface area contributed by atoms with Crippen molar-refractivity contribution in [2.45, 2.75) is 26.2 Å². The van der Waals surface area contributed by atoms with E-state index in [1.807, 2.05) is 60.7 Å². The van der Waals surface area contributed by atoms with Gasteiger partial charge < -0.3 is 14.5 Å². The van der Waals surface area contributed by atoms with Crippen LogP contribution in [0.3, 0.4) is 0 Å². The lowest BCUT2D eigenvalue weighted by atomic mass is 10.1. The van der Waals surface area contributed by atoms with E-state index >= 15 is 0 Å². The Labute approximate surface area is 214 Å². The molecule has 9 heteroatoms. The number of nitrogens with one attached hydrogen (secondary N) is 1. The molecular weight excluding hydrogens is 468 g/mol. The first-order valence-corrected chi connectivity index (χ1v) is 12.0. The number of aromatic amines is 1. The lowest BCUT2D eigenvalue weighted by molar-refractivity contribution is 0.236. The predicted molar refractivity (Wildman–Crippen MR) is 140 cm³/mol. The van der Waals surface area contributed by atoms with Gasteiger partial charge in [-0.1, -0.05) is 60.7 Å². The first-order chi connectivity index (χ1) is 18.1. The van der Waals surface area contributed by atoms with E-state index in [0.717, 1.165) is 22.3 Å². The van der Waals surface area contributed by atoms with Gasteiger partial charge in [0.1, 0.15) is 0 Å². The highest BCUT2D eigenvalue weighted by Crippen LogP contribution is 2.31. The second-order valence-corrected chi connectivity index (χ2v) is 8.79. The van der Waals surface area contributed by atoms with Gasteiger partial charge in [-0.25, -0.2) is 4.68 Å². The molecule has 1 N–H and O–H groups in total. The van der Waals surface area contributed by atoms with E-state index in [9.17, 15) is 4.79 Å². The molecule has 37 heavy (non-hydrogen) atoms. The summed E-state index contributed by atoms with van der Waals surface area (Å²) in [6, 6.07) is 25.8. The summed E-state index contributed by atoms with van der Waals surface area (Å²) in [7, 11) is 3.17. The average molecular weight is 497 g/mol. The summed E-state index contributed by atoms with van der Waals surface area (Å²) in [6.45, 7) is 2.08. The standard InChI is InChI=1S/C28H28N6O3/c1-36-25-14-22-13-23(28(35)29-24(22)15-26(25)37-2)18-33(16-20-9-5-3-6-10-20)19-27-30-31-32-34(27)17-21-11-7-4-8-12-21/h3-15H,16-19H2,1-2H3,(H,29,35). The number of ether oxygens (including phenoxy) is 2. The summed E-state index contributed by atoms with van der Waals surface area (Å²) in [5.41, 5.74) is 3.42. The van der Waals surface area contributed by atoms with Crippen LogP contribution < -0.4 is 15.0 Å². The zero-order valence-electron chi connectivity index (χ0n) is 20.8. The van der Waals surface area contributed by atoms with Crippen LogP contribution in [0.4, 0.5) is 0 Å². The van der Waals surface area contributed by atoms with Crippen molar-refractivity contribution in [3.8, 4) is 11.5 Å². The molecule has 9 nitrogen and oxygen atoms in total. The van der Waals surface area contributed by atoms with Crippen LogP contribution in [0.5, 0.6) is 11.5 Å². The van der Waals surface area contributed by atoms with Crippen molar-refractivity contribution in [3.05, 3.63) is 112 Å². The lowest BCUT2D eigenvalue weighted by Gasteiger charge is -2.22. The van der Waals surface area contributed by atoms with Crippen molar-refractivity contribution < 1.29 is 9.47 Å². The summed E-state index contributed by atoms with van der Waals surface area (Å²) in [4.78, 5) is 18.2. The number of rotatable bonds is 10.